The molecule has 1 amide bonds. The molecule has 0 aliphatic carbocycles. The second kappa shape index (κ2) is 6.02. The van der Waals surface area contributed by atoms with Crippen LogP contribution in [0.15, 0.2) is 48.5 Å². The average molecular weight is 256 g/mol. The lowest BCUT2D eigenvalue weighted by atomic mass is 10.1. The number of benzene rings is 2. The van der Waals surface area contributed by atoms with Gasteiger partial charge in [-0.05, 0) is 24.6 Å². The van der Waals surface area contributed by atoms with Gasteiger partial charge >= 0.3 is 0 Å². The molecule has 0 aliphatic rings. The van der Waals surface area contributed by atoms with Crippen molar-refractivity contribution in [1.82, 2.24) is 5.43 Å². The van der Waals surface area contributed by atoms with E-state index in [-0.39, 0.29) is 5.91 Å². The smallest absolute Gasteiger partial charge is 0.268 e. The first-order valence-corrected chi connectivity index (χ1v) is 5.99. The van der Waals surface area contributed by atoms with Gasteiger partial charge in [-0.15, -0.1) is 0 Å². The fourth-order valence-corrected chi connectivity index (χ4v) is 1.70. The maximum atomic E-state index is 11.6. The van der Waals surface area contributed by atoms with Crippen molar-refractivity contribution in [2.45, 2.75) is 13.5 Å². The first kappa shape index (κ1) is 13.1. The number of amides is 1. The molecule has 4 heteroatoms. The van der Waals surface area contributed by atoms with Gasteiger partial charge in [0.15, 0.2) is 0 Å². The van der Waals surface area contributed by atoms with Crippen LogP contribution in [0, 0.1) is 6.92 Å². The molecule has 4 nitrogen and oxygen atoms in total. The number of hydrogen-bond donors (Lipinski definition) is 2. The monoisotopic (exact) mass is 256 g/mol. The summed E-state index contributed by atoms with van der Waals surface area (Å²) in [6, 6.07) is 15.1. The van der Waals surface area contributed by atoms with E-state index in [1.807, 2.05) is 37.3 Å². The molecule has 2 aromatic rings. The van der Waals surface area contributed by atoms with E-state index >= 15 is 0 Å². The van der Waals surface area contributed by atoms with Crippen LogP contribution in [-0.2, 0) is 6.61 Å². The van der Waals surface area contributed by atoms with Crippen LogP contribution in [0.3, 0.4) is 0 Å². The van der Waals surface area contributed by atoms with Crippen LogP contribution in [0.2, 0.25) is 0 Å². The quantitative estimate of drug-likeness (QED) is 0.500. The number of carbonyl (C=O) groups excluding carboxylic acids is 1. The Labute approximate surface area is 112 Å². The van der Waals surface area contributed by atoms with Crippen molar-refractivity contribution in [2.24, 2.45) is 5.84 Å². The Kier molecular flexibility index (Phi) is 4.15. The summed E-state index contributed by atoms with van der Waals surface area (Å²) in [7, 11) is 0. The minimum absolute atomic E-state index is 0.362. The molecule has 0 spiro atoms. The molecule has 0 saturated heterocycles. The molecule has 0 bridgehead atoms. The lowest BCUT2D eigenvalue weighted by Crippen LogP contribution is -2.30. The van der Waals surface area contributed by atoms with Crippen LogP contribution in [0.5, 0.6) is 5.75 Å². The third kappa shape index (κ3) is 3.33. The standard InChI is InChI=1S/C15H16N2O2/c1-11-6-8-12(9-7-11)10-19-14-5-3-2-4-13(14)15(18)17-16/h2-9H,10,16H2,1H3,(H,17,18). The third-order valence-corrected chi connectivity index (χ3v) is 2.78. The average Bonchev–Trinajstić information content (AvgIpc) is 2.46. The maximum absolute atomic E-state index is 11.6. The zero-order valence-electron chi connectivity index (χ0n) is 10.7. The van der Waals surface area contributed by atoms with Crippen LogP contribution < -0.4 is 16.0 Å². The maximum Gasteiger partial charge on any atom is 0.268 e. The molecule has 0 aliphatic heterocycles. The van der Waals surface area contributed by atoms with Gasteiger partial charge in [0.2, 0.25) is 0 Å². The summed E-state index contributed by atoms with van der Waals surface area (Å²) in [4.78, 5) is 11.6. The van der Waals surface area contributed by atoms with Gasteiger partial charge in [0, 0.05) is 0 Å². The number of para-hydroxylation sites is 1. The Balaban J connectivity index is 2.11. The topological polar surface area (TPSA) is 64.3 Å². The van der Waals surface area contributed by atoms with E-state index in [0.717, 1.165) is 5.56 Å². The van der Waals surface area contributed by atoms with Crippen LogP contribution in [-0.4, -0.2) is 5.91 Å². The Morgan fingerprint density at radius 1 is 1.16 bits per heavy atom. The molecule has 0 radical (unpaired) electrons. The van der Waals surface area contributed by atoms with Gasteiger partial charge in [0.25, 0.3) is 5.91 Å². The molecule has 3 N–H and O–H groups in total. The van der Waals surface area contributed by atoms with Gasteiger partial charge in [0.05, 0.1) is 5.56 Å². The number of carbonyl (C=O) groups is 1. The molecular weight excluding hydrogens is 240 g/mol. The minimum atomic E-state index is -0.362. The van der Waals surface area contributed by atoms with E-state index in [1.165, 1.54) is 5.56 Å². The molecule has 2 aromatic carbocycles. The molecule has 0 saturated carbocycles. The molecule has 2 rings (SSSR count). The van der Waals surface area contributed by atoms with E-state index in [0.29, 0.717) is 17.9 Å². The summed E-state index contributed by atoms with van der Waals surface area (Å²) >= 11 is 0. The number of hydrogen-bond acceptors (Lipinski definition) is 3. The fourth-order valence-electron chi connectivity index (χ4n) is 1.70. The number of nitrogen functional groups attached to an aromatic ring is 1. The van der Waals surface area contributed by atoms with E-state index < -0.39 is 0 Å². The largest absolute Gasteiger partial charge is 0.488 e. The highest BCUT2D eigenvalue weighted by Crippen LogP contribution is 2.19. The van der Waals surface area contributed by atoms with Gasteiger partial charge in [-0.1, -0.05) is 42.0 Å². The van der Waals surface area contributed by atoms with Gasteiger partial charge in [-0.25, -0.2) is 5.84 Å². The number of ether oxygens (including phenoxy) is 1. The van der Waals surface area contributed by atoms with Crippen LogP contribution in [0.25, 0.3) is 0 Å². The van der Waals surface area contributed by atoms with Gasteiger partial charge in [0.1, 0.15) is 12.4 Å². The van der Waals surface area contributed by atoms with E-state index in [1.54, 1.807) is 18.2 Å². The molecule has 19 heavy (non-hydrogen) atoms. The normalized spacial score (nSPS) is 10.0. The lowest BCUT2D eigenvalue weighted by Gasteiger charge is -2.10. The van der Waals surface area contributed by atoms with Crippen molar-refractivity contribution in [3.05, 3.63) is 65.2 Å². The highest BCUT2D eigenvalue weighted by Gasteiger charge is 2.10. The van der Waals surface area contributed by atoms with Crippen LogP contribution in [0.4, 0.5) is 0 Å². The summed E-state index contributed by atoms with van der Waals surface area (Å²) in [6.07, 6.45) is 0. The summed E-state index contributed by atoms with van der Waals surface area (Å²) < 4.78 is 5.67. The number of aryl methyl sites for hydroxylation is 1. The highest BCUT2D eigenvalue weighted by atomic mass is 16.5. The van der Waals surface area contributed by atoms with Crippen LogP contribution >= 0.6 is 0 Å². The molecule has 98 valence electrons. The summed E-state index contributed by atoms with van der Waals surface area (Å²) in [5, 5.41) is 0. The number of nitrogens with two attached hydrogens (primary N) is 1. The first-order valence-electron chi connectivity index (χ1n) is 5.99. The summed E-state index contributed by atoms with van der Waals surface area (Å²) in [6.45, 7) is 2.45. The van der Waals surface area contributed by atoms with Crippen molar-refractivity contribution in [3.63, 3.8) is 0 Å². The van der Waals surface area contributed by atoms with Gasteiger partial charge in [-0.2, -0.15) is 0 Å². The number of nitrogens with one attached hydrogen (secondary N) is 1. The van der Waals surface area contributed by atoms with E-state index in [9.17, 15) is 4.79 Å². The Bertz CT molecular complexity index is 565. The lowest BCUT2D eigenvalue weighted by molar-refractivity contribution is 0.0949. The fraction of sp³-hybridized carbons (Fsp3) is 0.133. The summed E-state index contributed by atoms with van der Waals surface area (Å²) in [5.41, 5.74) is 4.79. The predicted molar refractivity (Wildman–Crippen MR) is 73.6 cm³/mol. The zero-order chi connectivity index (χ0) is 13.7. The second-order valence-corrected chi connectivity index (χ2v) is 4.24. The summed E-state index contributed by atoms with van der Waals surface area (Å²) in [5.74, 6) is 5.30. The molecule has 0 aromatic heterocycles. The molecule has 0 unspecified atom stereocenters. The number of rotatable bonds is 4. The van der Waals surface area contributed by atoms with Crippen molar-refractivity contribution in [3.8, 4) is 5.75 Å². The van der Waals surface area contributed by atoms with Crippen molar-refractivity contribution in [1.29, 1.82) is 0 Å². The zero-order valence-corrected chi connectivity index (χ0v) is 10.7. The SMILES string of the molecule is Cc1ccc(COc2ccccc2C(=O)NN)cc1. The van der Waals surface area contributed by atoms with E-state index in [4.69, 9.17) is 10.6 Å². The Morgan fingerprint density at radius 2 is 1.84 bits per heavy atom. The first-order chi connectivity index (χ1) is 9.20. The molecule has 0 fully saturated rings. The number of hydrazine groups is 1. The highest BCUT2D eigenvalue weighted by molar-refractivity contribution is 5.96. The van der Waals surface area contributed by atoms with Crippen molar-refractivity contribution in [2.75, 3.05) is 0 Å². The van der Waals surface area contributed by atoms with Crippen LogP contribution in [0.1, 0.15) is 21.5 Å². The van der Waals surface area contributed by atoms with Crippen molar-refractivity contribution >= 4 is 5.91 Å². The Hall–Kier alpha value is -2.33. The van der Waals surface area contributed by atoms with Crippen molar-refractivity contribution < 1.29 is 9.53 Å². The minimum Gasteiger partial charge on any atom is -0.488 e. The molecule has 0 heterocycles. The predicted octanol–water partition coefficient (Wildman–Crippen LogP) is 2.18. The van der Waals surface area contributed by atoms with E-state index in [2.05, 4.69) is 5.43 Å². The third-order valence-electron chi connectivity index (χ3n) is 2.78. The van der Waals surface area contributed by atoms with Gasteiger partial charge in [-0.3, -0.25) is 10.2 Å². The second-order valence-electron chi connectivity index (χ2n) is 4.24. The molecular formula is C15H16N2O2. The molecule has 0 atom stereocenters. The van der Waals surface area contributed by atoms with Gasteiger partial charge < -0.3 is 4.74 Å². The Morgan fingerprint density at radius 3 is 2.53 bits per heavy atom.